The molecule has 33 heavy (non-hydrogen) atoms. The SMILES string of the molecule is O=C(Nc1nn(Cc2ccccc2F)cc1Br)c1ccc(COc2ccc(Br)cc2Cl)cc1. The van der Waals surface area contributed by atoms with Crippen molar-refractivity contribution in [3.8, 4) is 5.75 Å². The van der Waals surface area contributed by atoms with Gasteiger partial charge in [-0.1, -0.05) is 57.9 Å². The summed E-state index contributed by atoms with van der Waals surface area (Å²) in [4.78, 5) is 12.7. The van der Waals surface area contributed by atoms with Crippen LogP contribution < -0.4 is 10.1 Å². The van der Waals surface area contributed by atoms with Crippen LogP contribution in [0.15, 0.2) is 81.9 Å². The van der Waals surface area contributed by atoms with Gasteiger partial charge in [0.25, 0.3) is 5.91 Å². The number of halogens is 4. The number of rotatable bonds is 7. The molecule has 4 rings (SSSR count). The molecule has 1 heterocycles. The van der Waals surface area contributed by atoms with Crippen LogP contribution in [0, 0.1) is 5.82 Å². The Hall–Kier alpha value is -2.68. The standard InChI is InChI=1S/C24H17Br2ClFN3O2/c25-18-9-10-22(20(27)11-18)33-14-15-5-7-16(8-6-15)24(32)29-23-19(26)13-31(30-23)12-17-3-1-2-4-21(17)28/h1-11,13H,12,14H2,(H,29,30,32). The number of amides is 1. The van der Waals surface area contributed by atoms with E-state index < -0.39 is 0 Å². The van der Waals surface area contributed by atoms with Crippen molar-refractivity contribution >= 4 is 55.2 Å². The molecule has 168 valence electrons. The Kier molecular flexibility index (Phi) is 7.47. The van der Waals surface area contributed by atoms with E-state index >= 15 is 0 Å². The number of hydrogen-bond acceptors (Lipinski definition) is 3. The van der Waals surface area contributed by atoms with Gasteiger partial charge in [0.05, 0.1) is 16.0 Å². The van der Waals surface area contributed by atoms with Gasteiger partial charge in [0, 0.05) is 21.8 Å². The second-order valence-electron chi connectivity index (χ2n) is 7.13. The van der Waals surface area contributed by atoms with Gasteiger partial charge in [0.1, 0.15) is 18.2 Å². The maximum absolute atomic E-state index is 13.9. The van der Waals surface area contributed by atoms with Crippen LogP contribution in [-0.2, 0) is 13.2 Å². The first-order chi connectivity index (χ1) is 15.9. The van der Waals surface area contributed by atoms with Gasteiger partial charge < -0.3 is 10.1 Å². The predicted molar refractivity (Wildman–Crippen MR) is 133 cm³/mol. The van der Waals surface area contributed by atoms with E-state index in [9.17, 15) is 9.18 Å². The van der Waals surface area contributed by atoms with E-state index in [4.69, 9.17) is 16.3 Å². The summed E-state index contributed by atoms with van der Waals surface area (Å²) in [6.07, 6.45) is 1.69. The monoisotopic (exact) mass is 591 g/mol. The van der Waals surface area contributed by atoms with Crippen LogP contribution in [-0.4, -0.2) is 15.7 Å². The highest BCUT2D eigenvalue weighted by Crippen LogP contribution is 2.28. The highest BCUT2D eigenvalue weighted by molar-refractivity contribution is 9.10. The van der Waals surface area contributed by atoms with E-state index in [1.165, 1.54) is 6.07 Å². The van der Waals surface area contributed by atoms with Crippen molar-refractivity contribution in [3.63, 3.8) is 0 Å². The summed E-state index contributed by atoms with van der Waals surface area (Å²) in [5, 5.41) is 7.63. The Bertz CT molecular complexity index is 1300. The topological polar surface area (TPSA) is 56.2 Å². The van der Waals surface area contributed by atoms with Gasteiger partial charge in [0.2, 0.25) is 0 Å². The first-order valence-electron chi connectivity index (χ1n) is 9.83. The predicted octanol–water partition coefficient (Wildman–Crippen LogP) is 7.08. The van der Waals surface area contributed by atoms with Crippen molar-refractivity contribution in [2.24, 2.45) is 0 Å². The Morgan fingerprint density at radius 2 is 1.85 bits per heavy atom. The van der Waals surface area contributed by atoms with E-state index in [2.05, 4.69) is 42.3 Å². The number of benzene rings is 3. The molecule has 0 aliphatic rings. The molecule has 1 amide bonds. The van der Waals surface area contributed by atoms with Gasteiger partial charge in [-0.05, 0) is 57.9 Å². The maximum atomic E-state index is 13.9. The highest BCUT2D eigenvalue weighted by atomic mass is 79.9. The summed E-state index contributed by atoms with van der Waals surface area (Å²) < 4.78 is 22.7. The molecule has 0 aliphatic carbocycles. The summed E-state index contributed by atoms with van der Waals surface area (Å²) >= 11 is 12.9. The van der Waals surface area contributed by atoms with Gasteiger partial charge in [-0.2, -0.15) is 5.10 Å². The minimum Gasteiger partial charge on any atom is -0.487 e. The lowest BCUT2D eigenvalue weighted by molar-refractivity contribution is 0.102. The Morgan fingerprint density at radius 3 is 2.58 bits per heavy atom. The van der Waals surface area contributed by atoms with Crippen molar-refractivity contribution in [1.82, 2.24) is 9.78 Å². The number of hydrogen-bond donors (Lipinski definition) is 1. The zero-order valence-corrected chi connectivity index (χ0v) is 21.0. The number of anilines is 1. The van der Waals surface area contributed by atoms with E-state index in [1.807, 2.05) is 18.2 Å². The van der Waals surface area contributed by atoms with Crippen molar-refractivity contribution < 1.29 is 13.9 Å². The Balaban J connectivity index is 1.37. The normalized spacial score (nSPS) is 10.8. The molecule has 0 aliphatic heterocycles. The average Bonchev–Trinajstić information content (AvgIpc) is 3.13. The fourth-order valence-electron chi connectivity index (χ4n) is 3.05. The molecule has 0 spiro atoms. The van der Waals surface area contributed by atoms with E-state index in [1.54, 1.807) is 53.3 Å². The molecule has 0 radical (unpaired) electrons. The Morgan fingerprint density at radius 1 is 1.09 bits per heavy atom. The molecule has 3 aromatic carbocycles. The minimum atomic E-state index is -0.310. The maximum Gasteiger partial charge on any atom is 0.256 e. The second kappa shape index (κ2) is 10.5. The van der Waals surface area contributed by atoms with Crippen molar-refractivity contribution in [3.05, 3.63) is 109 Å². The largest absolute Gasteiger partial charge is 0.487 e. The second-order valence-corrected chi connectivity index (χ2v) is 9.31. The number of aromatic nitrogens is 2. The molecule has 1 N–H and O–H groups in total. The number of carbonyl (C=O) groups excluding carboxylic acids is 1. The molecule has 0 fully saturated rings. The average molecular weight is 594 g/mol. The third-order valence-electron chi connectivity index (χ3n) is 4.74. The lowest BCUT2D eigenvalue weighted by Gasteiger charge is -2.09. The van der Waals surface area contributed by atoms with Crippen LogP contribution in [0.2, 0.25) is 5.02 Å². The minimum absolute atomic E-state index is 0.248. The molecule has 0 saturated carbocycles. The molecule has 0 bridgehead atoms. The molecule has 0 saturated heterocycles. The van der Waals surface area contributed by atoms with Crippen LogP contribution in [0.4, 0.5) is 10.2 Å². The lowest BCUT2D eigenvalue weighted by atomic mass is 10.1. The molecule has 4 aromatic rings. The van der Waals surface area contributed by atoms with Crippen molar-refractivity contribution in [1.29, 1.82) is 0 Å². The smallest absolute Gasteiger partial charge is 0.256 e. The number of ether oxygens (including phenoxy) is 1. The fourth-order valence-corrected chi connectivity index (χ4v) is 4.19. The van der Waals surface area contributed by atoms with Crippen LogP contribution in [0.1, 0.15) is 21.5 Å². The van der Waals surface area contributed by atoms with Crippen LogP contribution >= 0.6 is 43.5 Å². The van der Waals surface area contributed by atoms with Crippen molar-refractivity contribution in [2.75, 3.05) is 5.32 Å². The first-order valence-corrected chi connectivity index (χ1v) is 11.8. The van der Waals surface area contributed by atoms with Gasteiger partial charge in [-0.15, -0.1) is 0 Å². The molecular formula is C24H17Br2ClFN3O2. The molecule has 9 heteroatoms. The van der Waals surface area contributed by atoms with Gasteiger partial charge >= 0.3 is 0 Å². The first kappa shape index (κ1) is 23.5. The Labute approximate surface area is 211 Å². The van der Waals surface area contributed by atoms with Gasteiger partial charge in [-0.3, -0.25) is 9.48 Å². The fraction of sp³-hybridized carbons (Fsp3) is 0.0833. The summed E-state index contributed by atoms with van der Waals surface area (Å²) in [6, 6.07) is 18.9. The third kappa shape index (κ3) is 6.01. The summed E-state index contributed by atoms with van der Waals surface area (Å²) in [5.41, 5.74) is 1.87. The molecule has 0 unspecified atom stereocenters. The van der Waals surface area contributed by atoms with E-state index in [-0.39, 0.29) is 18.3 Å². The molecular weight excluding hydrogens is 577 g/mol. The van der Waals surface area contributed by atoms with Crippen LogP contribution in [0.3, 0.4) is 0 Å². The molecule has 5 nitrogen and oxygen atoms in total. The number of carbonyl (C=O) groups is 1. The molecule has 0 atom stereocenters. The van der Waals surface area contributed by atoms with Gasteiger partial charge in [0.15, 0.2) is 5.82 Å². The summed E-state index contributed by atoms with van der Waals surface area (Å²) in [6.45, 7) is 0.563. The van der Waals surface area contributed by atoms with Gasteiger partial charge in [-0.25, -0.2) is 4.39 Å². The van der Waals surface area contributed by atoms with Crippen molar-refractivity contribution in [2.45, 2.75) is 13.2 Å². The van der Waals surface area contributed by atoms with E-state index in [0.717, 1.165) is 10.0 Å². The summed E-state index contributed by atoms with van der Waals surface area (Å²) in [5.74, 6) is 0.322. The quantitative estimate of drug-likeness (QED) is 0.249. The zero-order chi connectivity index (χ0) is 23.4. The molecule has 1 aromatic heterocycles. The highest BCUT2D eigenvalue weighted by Gasteiger charge is 2.13. The van der Waals surface area contributed by atoms with E-state index in [0.29, 0.717) is 38.8 Å². The number of nitrogens with zero attached hydrogens (tertiary/aromatic N) is 2. The van der Waals surface area contributed by atoms with Crippen LogP contribution in [0.25, 0.3) is 0 Å². The van der Waals surface area contributed by atoms with Crippen LogP contribution in [0.5, 0.6) is 5.75 Å². The zero-order valence-electron chi connectivity index (χ0n) is 17.1. The lowest BCUT2D eigenvalue weighted by Crippen LogP contribution is -2.13. The number of nitrogens with one attached hydrogen (secondary N) is 1. The third-order valence-corrected chi connectivity index (χ3v) is 6.11. The summed E-state index contributed by atoms with van der Waals surface area (Å²) in [7, 11) is 0.